The maximum Gasteiger partial charge on any atom is 0.162 e. The number of hydrazone groups is 1. The second-order valence-electron chi connectivity index (χ2n) is 6.14. The predicted octanol–water partition coefficient (Wildman–Crippen LogP) is 2.79. The highest BCUT2D eigenvalue weighted by atomic mass is 35.5. The van der Waals surface area contributed by atoms with E-state index in [1.54, 1.807) is 23.5 Å². The molecule has 0 spiro atoms. The van der Waals surface area contributed by atoms with Gasteiger partial charge in [0.25, 0.3) is 0 Å². The summed E-state index contributed by atoms with van der Waals surface area (Å²) >= 11 is 6.59. The summed E-state index contributed by atoms with van der Waals surface area (Å²) in [4.78, 5) is 24.3. The Morgan fingerprint density at radius 1 is 1.29 bits per heavy atom. The third-order valence-corrected chi connectivity index (χ3v) is 4.58. The molecule has 2 heterocycles. The molecule has 0 saturated heterocycles. The van der Waals surface area contributed by atoms with Crippen LogP contribution in [0.15, 0.2) is 47.8 Å². The Morgan fingerprint density at radius 3 is 2.89 bits per heavy atom. The van der Waals surface area contributed by atoms with Crippen LogP contribution in [0.1, 0.15) is 12.6 Å². The van der Waals surface area contributed by atoms with Gasteiger partial charge in [0.1, 0.15) is 6.29 Å². The van der Waals surface area contributed by atoms with Crippen LogP contribution in [-0.2, 0) is 4.79 Å². The van der Waals surface area contributed by atoms with Crippen molar-refractivity contribution in [2.24, 2.45) is 5.10 Å². The Hall–Kier alpha value is -2.90. The SMILES string of the molecule is CNCCN(CC=O)/N=C(\C)c1ccnc(-c2cnc3ccccc3c2Cl)n1. The van der Waals surface area contributed by atoms with Gasteiger partial charge in [-0.1, -0.05) is 29.8 Å². The molecule has 0 aliphatic carbocycles. The van der Waals surface area contributed by atoms with Gasteiger partial charge in [0.05, 0.1) is 34.1 Å². The minimum atomic E-state index is 0.220. The van der Waals surface area contributed by atoms with E-state index in [1.807, 2.05) is 38.2 Å². The number of nitrogens with one attached hydrogen (secondary N) is 1. The van der Waals surface area contributed by atoms with Crippen molar-refractivity contribution in [3.8, 4) is 11.4 Å². The fourth-order valence-corrected chi connectivity index (χ4v) is 3.02. The van der Waals surface area contributed by atoms with E-state index >= 15 is 0 Å². The van der Waals surface area contributed by atoms with Gasteiger partial charge in [-0.15, -0.1) is 0 Å². The topological polar surface area (TPSA) is 83.4 Å². The lowest BCUT2D eigenvalue weighted by molar-refractivity contribution is -0.108. The van der Waals surface area contributed by atoms with Crippen molar-refractivity contribution in [1.29, 1.82) is 0 Å². The van der Waals surface area contributed by atoms with E-state index in [0.717, 1.165) is 23.7 Å². The Labute approximate surface area is 168 Å². The van der Waals surface area contributed by atoms with Crippen molar-refractivity contribution in [2.75, 3.05) is 26.7 Å². The number of hydrogen-bond acceptors (Lipinski definition) is 7. The summed E-state index contributed by atoms with van der Waals surface area (Å²) in [7, 11) is 1.85. The Bertz CT molecular complexity index is 1010. The van der Waals surface area contributed by atoms with Crippen LogP contribution in [0.4, 0.5) is 0 Å². The van der Waals surface area contributed by atoms with E-state index < -0.39 is 0 Å². The molecule has 0 unspecified atom stereocenters. The first-order valence-electron chi connectivity index (χ1n) is 8.89. The van der Waals surface area contributed by atoms with Crippen LogP contribution in [-0.4, -0.2) is 58.6 Å². The zero-order valence-electron chi connectivity index (χ0n) is 15.8. The van der Waals surface area contributed by atoms with E-state index in [9.17, 15) is 4.79 Å². The smallest absolute Gasteiger partial charge is 0.162 e. The molecule has 144 valence electrons. The molecule has 28 heavy (non-hydrogen) atoms. The molecule has 0 aliphatic heterocycles. The molecule has 2 aromatic heterocycles. The quantitative estimate of drug-likeness (QED) is 0.358. The number of halogens is 1. The zero-order valence-corrected chi connectivity index (χ0v) is 16.5. The van der Waals surface area contributed by atoms with Gasteiger partial charge in [-0.2, -0.15) is 5.10 Å². The first-order valence-corrected chi connectivity index (χ1v) is 9.27. The van der Waals surface area contributed by atoms with Gasteiger partial charge < -0.3 is 10.1 Å². The second-order valence-corrected chi connectivity index (χ2v) is 6.51. The highest BCUT2D eigenvalue weighted by Gasteiger charge is 2.13. The summed E-state index contributed by atoms with van der Waals surface area (Å²) in [6.07, 6.45) is 4.18. The number of rotatable bonds is 8. The monoisotopic (exact) mass is 396 g/mol. The number of carbonyl (C=O) groups excluding carboxylic acids is 1. The molecular weight excluding hydrogens is 376 g/mol. The van der Waals surface area contributed by atoms with E-state index in [4.69, 9.17) is 11.6 Å². The molecule has 0 saturated carbocycles. The van der Waals surface area contributed by atoms with Gasteiger partial charge in [-0.3, -0.25) is 9.99 Å². The van der Waals surface area contributed by atoms with Crippen LogP contribution in [0.5, 0.6) is 0 Å². The van der Waals surface area contributed by atoms with Crippen LogP contribution in [0.25, 0.3) is 22.3 Å². The van der Waals surface area contributed by atoms with Gasteiger partial charge in [0.2, 0.25) is 0 Å². The normalized spacial score (nSPS) is 11.6. The predicted molar refractivity (Wildman–Crippen MR) is 112 cm³/mol. The van der Waals surface area contributed by atoms with Crippen LogP contribution < -0.4 is 5.32 Å². The minimum Gasteiger partial charge on any atom is -0.318 e. The van der Waals surface area contributed by atoms with Crippen molar-refractivity contribution in [3.63, 3.8) is 0 Å². The summed E-state index contributed by atoms with van der Waals surface area (Å²) < 4.78 is 0. The number of carbonyl (C=O) groups is 1. The Kier molecular flexibility index (Phi) is 6.62. The van der Waals surface area contributed by atoms with Crippen molar-refractivity contribution < 1.29 is 4.79 Å². The van der Waals surface area contributed by atoms with Crippen LogP contribution in [0.2, 0.25) is 5.02 Å². The van der Waals surface area contributed by atoms with Crippen molar-refractivity contribution in [2.45, 2.75) is 6.92 Å². The number of likely N-dealkylation sites (N-methyl/N-ethyl adjacent to an activating group) is 1. The van der Waals surface area contributed by atoms with Gasteiger partial charge in [-0.25, -0.2) is 9.97 Å². The summed E-state index contributed by atoms with van der Waals surface area (Å²) in [6.45, 7) is 3.41. The number of nitrogens with zero attached hydrogens (tertiary/aromatic N) is 5. The van der Waals surface area contributed by atoms with E-state index in [1.165, 1.54) is 0 Å². The second kappa shape index (κ2) is 9.34. The first-order chi connectivity index (χ1) is 13.6. The molecular formula is C20H21ClN6O. The molecule has 8 heteroatoms. The summed E-state index contributed by atoms with van der Waals surface area (Å²) in [6, 6.07) is 9.44. The van der Waals surface area contributed by atoms with Gasteiger partial charge >= 0.3 is 0 Å². The number of fused-ring (bicyclic) bond motifs is 1. The molecule has 7 nitrogen and oxygen atoms in total. The molecule has 1 aromatic carbocycles. The molecule has 0 fully saturated rings. The minimum absolute atomic E-state index is 0.220. The number of para-hydroxylation sites is 1. The number of benzene rings is 1. The van der Waals surface area contributed by atoms with Gasteiger partial charge in [0, 0.05) is 30.9 Å². The number of aromatic nitrogens is 3. The van der Waals surface area contributed by atoms with Crippen molar-refractivity contribution in [3.05, 3.63) is 53.4 Å². The fourth-order valence-electron chi connectivity index (χ4n) is 2.73. The molecule has 3 rings (SSSR count). The zero-order chi connectivity index (χ0) is 19.9. The average Bonchev–Trinajstić information content (AvgIpc) is 2.72. The van der Waals surface area contributed by atoms with Gasteiger partial charge in [-0.05, 0) is 26.1 Å². The highest BCUT2D eigenvalue weighted by Crippen LogP contribution is 2.31. The lowest BCUT2D eigenvalue weighted by Gasteiger charge is -2.17. The number of hydrogen-bond donors (Lipinski definition) is 1. The van der Waals surface area contributed by atoms with E-state index in [2.05, 4.69) is 25.4 Å². The lowest BCUT2D eigenvalue weighted by atomic mass is 10.1. The third kappa shape index (κ3) is 4.49. The largest absolute Gasteiger partial charge is 0.318 e. The molecule has 0 atom stereocenters. The standard InChI is InChI=1S/C20H21ClN6O/c1-14(26-27(11-12-28)10-9-22-2)17-7-8-23-20(25-17)16-13-24-18-6-4-3-5-15(18)19(16)21/h3-8,12-13,22H,9-11H2,1-2H3/b26-14+. The molecule has 0 amide bonds. The summed E-state index contributed by atoms with van der Waals surface area (Å²) in [5, 5.41) is 10.7. The summed E-state index contributed by atoms with van der Waals surface area (Å²) in [5.74, 6) is 0.479. The number of pyridine rings is 1. The molecule has 1 N–H and O–H groups in total. The maximum absolute atomic E-state index is 10.9. The Morgan fingerprint density at radius 2 is 2.11 bits per heavy atom. The fraction of sp³-hybridized carbons (Fsp3) is 0.250. The maximum atomic E-state index is 10.9. The lowest BCUT2D eigenvalue weighted by Crippen LogP contribution is -2.29. The van der Waals surface area contributed by atoms with E-state index in [0.29, 0.717) is 34.4 Å². The van der Waals surface area contributed by atoms with Crippen LogP contribution >= 0.6 is 11.6 Å². The van der Waals surface area contributed by atoms with Crippen LogP contribution in [0.3, 0.4) is 0 Å². The molecule has 0 bridgehead atoms. The average molecular weight is 397 g/mol. The number of aldehydes is 1. The van der Waals surface area contributed by atoms with Crippen LogP contribution in [0, 0.1) is 0 Å². The van der Waals surface area contributed by atoms with Crippen molar-refractivity contribution >= 4 is 34.5 Å². The van der Waals surface area contributed by atoms with Gasteiger partial charge in [0.15, 0.2) is 5.82 Å². The molecule has 0 aliphatic rings. The highest BCUT2D eigenvalue weighted by molar-refractivity contribution is 6.37. The Balaban J connectivity index is 1.95. The van der Waals surface area contributed by atoms with E-state index in [-0.39, 0.29) is 6.54 Å². The molecule has 0 radical (unpaired) electrons. The third-order valence-electron chi connectivity index (χ3n) is 4.17. The molecule has 3 aromatic rings. The van der Waals surface area contributed by atoms with Crippen molar-refractivity contribution in [1.82, 2.24) is 25.3 Å². The summed E-state index contributed by atoms with van der Waals surface area (Å²) in [5.41, 5.74) is 2.83. The first kappa shape index (κ1) is 19.9.